The maximum Gasteiger partial charge on any atom is 0.240 e. The first-order chi connectivity index (χ1) is 6.50. The van der Waals surface area contributed by atoms with Crippen LogP contribution in [0.5, 0.6) is 0 Å². The monoisotopic (exact) mass is 196 g/mol. The van der Waals surface area contributed by atoms with Crippen molar-refractivity contribution < 1.29 is 9.18 Å². The standard InChI is InChI=1S/C10H13FN2O/c1-6-5-8(3-4-9(6)11)13-10(14)7(2)12/h3-5,7H,12H2,1-2H3,(H,13,14). The predicted molar refractivity (Wildman–Crippen MR) is 53.4 cm³/mol. The van der Waals surface area contributed by atoms with E-state index >= 15 is 0 Å². The number of nitrogens with one attached hydrogen (secondary N) is 1. The molecule has 3 nitrogen and oxygen atoms in total. The van der Waals surface area contributed by atoms with Gasteiger partial charge in [0.05, 0.1) is 6.04 Å². The number of hydrogen-bond donors (Lipinski definition) is 2. The van der Waals surface area contributed by atoms with Crippen LogP contribution >= 0.6 is 0 Å². The maximum absolute atomic E-state index is 12.9. The van der Waals surface area contributed by atoms with Gasteiger partial charge in [-0.15, -0.1) is 0 Å². The van der Waals surface area contributed by atoms with E-state index < -0.39 is 6.04 Å². The molecule has 1 amide bonds. The Bertz CT molecular complexity index is 350. The SMILES string of the molecule is Cc1cc(NC(=O)C(C)N)ccc1F. The minimum atomic E-state index is -0.569. The highest BCUT2D eigenvalue weighted by molar-refractivity contribution is 5.94. The summed E-state index contributed by atoms with van der Waals surface area (Å²) in [5.41, 5.74) is 6.42. The summed E-state index contributed by atoms with van der Waals surface area (Å²) in [6.45, 7) is 3.22. The number of carbonyl (C=O) groups is 1. The van der Waals surface area contributed by atoms with Crippen LogP contribution in [-0.2, 0) is 4.79 Å². The van der Waals surface area contributed by atoms with Crippen LogP contribution in [0.4, 0.5) is 10.1 Å². The minimum absolute atomic E-state index is 0.281. The first-order valence-corrected chi connectivity index (χ1v) is 4.33. The van der Waals surface area contributed by atoms with Crippen LogP contribution in [0, 0.1) is 12.7 Å². The van der Waals surface area contributed by atoms with Gasteiger partial charge < -0.3 is 11.1 Å². The zero-order valence-electron chi connectivity index (χ0n) is 8.17. The smallest absolute Gasteiger partial charge is 0.240 e. The van der Waals surface area contributed by atoms with Crippen molar-refractivity contribution in [1.82, 2.24) is 0 Å². The highest BCUT2D eigenvalue weighted by Gasteiger charge is 2.07. The molecule has 0 saturated carbocycles. The molecule has 0 bridgehead atoms. The van der Waals surface area contributed by atoms with E-state index in [0.717, 1.165) is 0 Å². The van der Waals surface area contributed by atoms with Crippen LogP contribution in [0.15, 0.2) is 18.2 Å². The highest BCUT2D eigenvalue weighted by Crippen LogP contribution is 2.13. The Morgan fingerprint density at radius 3 is 2.71 bits per heavy atom. The molecule has 0 saturated heterocycles. The Morgan fingerprint density at radius 2 is 2.21 bits per heavy atom. The Labute approximate surface area is 82.1 Å². The lowest BCUT2D eigenvalue weighted by Gasteiger charge is -2.08. The summed E-state index contributed by atoms with van der Waals surface area (Å²) >= 11 is 0. The number of benzene rings is 1. The molecule has 0 heterocycles. The third-order valence-electron chi connectivity index (χ3n) is 1.84. The van der Waals surface area contributed by atoms with Crippen LogP contribution in [0.3, 0.4) is 0 Å². The van der Waals surface area contributed by atoms with Gasteiger partial charge in [0.2, 0.25) is 5.91 Å². The molecule has 0 aliphatic heterocycles. The molecule has 4 heteroatoms. The Kier molecular flexibility index (Phi) is 3.19. The van der Waals surface area contributed by atoms with Crippen LogP contribution in [-0.4, -0.2) is 11.9 Å². The molecular weight excluding hydrogens is 183 g/mol. The number of halogens is 1. The van der Waals surface area contributed by atoms with E-state index in [1.54, 1.807) is 19.9 Å². The number of hydrogen-bond acceptors (Lipinski definition) is 2. The first-order valence-electron chi connectivity index (χ1n) is 4.33. The summed E-state index contributed by atoms with van der Waals surface area (Å²) in [6.07, 6.45) is 0. The number of carbonyl (C=O) groups excluding carboxylic acids is 1. The summed E-state index contributed by atoms with van der Waals surface area (Å²) in [7, 11) is 0. The summed E-state index contributed by atoms with van der Waals surface area (Å²) < 4.78 is 12.9. The molecule has 1 aromatic carbocycles. The quantitative estimate of drug-likeness (QED) is 0.751. The van der Waals surface area contributed by atoms with Gasteiger partial charge in [0.1, 0.15) is 5.82 Å². The average Bonchev–Trinajstić information content (AvgIpc) is 2.11. The van der Waals surface area contributed by atoms with Gasteiger partial charge in [0.15, 0.2) is 0 Å². The van der Waals surface area contributed by atoms with Gasteiger partial charge >= 0.3 is 0 Å². The third-order valence-corrected chi connectivity index (χ3v) is 1.84. The van der Waals surface area contributed by atoms with Crippen molar-refractivity contribution in [3.63, 3.8) is 0 Å². The Hall–Kier alpha value is -1.42. The molecule has 0 fully saturated rings. The lowest BCUT2D eigenvalue weighted by molar-refractivity contribution is -0.117. The zero-order chi connectivity index (χ0) is 10.7. The van der Waals surface area contributed by atoms with Crippen molar-refractivity contribution in [2.75, 3.05) is 5.32 Å². The van der Waals surface area contributed by atoms with Crippen molar-refractivity contribution in [3.8, 4) is 0 Å². The van der Waals surface area contributed by atoms with E-state index in [9.17, 15) is 9.18 Å². The third kappa shape index (κ3) is 2.53. The van der Waals surface area contributed by atoms with E-state index in [1.807, 2.05) is 0 Å². The second-order valence-electron chi connectivity index (χ2n) is 3.24. The van der Waals surface area contributed by atoms with E-state index in [0.29, 0.717) is 11.3 Å². The molecule has 1 aromatic rings. The van der Waals surface area contributed by atoms with E-state index in [2.05, 4.69) is 5.32 Å². The largest absolute Gasteiger partial charge is 0.325 e. The molecule has 76 valence electrons. The fraction of sp³-hybridized carbons (Fsp3) is 0.300. The van der Waals surface area contributed by atoms with Gasteiger partial charge in [-0.25, -0.2) is 4.39 Å². The molecule has 0 aromatic heterocycles. The molecular formula is C10H13FN2O. The van der Waals surface area contributed by atoms with Crippen molar-refractivity contribution >= 4 is 11.6 Å². The first kappa shape index (κ1) is 10.7. The zero-order valence-corrected chi connectivity index (χ0v) is 8.17. The second-order valence-corrected chi connectivity index (χ2v) is 3.24. The molecule has 1 atom stereocenters. The number of nitrogens with two attached hydrogens (primary N) is 1. The van der Waals surface area contributed by atoms with Crippen LogP contribution in [0.2, 0.25) is 0 Å². The van der Waals surface area contributed by atoms with E-state index in [1.165, 1.54) is 12.1 Å². The fourth-order valence-corrected chi connectivity index (χ4v) is 0.979. The van der Waals surface area contributed by atoms with Crippen molar-refractivity contribution in [3.05, 3.63) is 29.6 Å². The maximum atomic E-state index is 12.9. The van der Waals surface area contributed by atoms with Gasteiger partial charge in [-0.3, -0.25) is 4.79 Å². The minimum Gasteiger partial charge on any atom is -0.325 e. The second kappa shape index (κ2) is 4.19. The van der Waals surface area contributed by atoms with Gasteiger partial charge in [-0.2, -0.15) is 0 Å². The number of aryl methyl sites for hydroxylation is 1. The summed E-state index contributed by atoms with van der Waals surface area (Å²) in [5, 5.41) is 2.58. The van der Waals surface area contributed by atoms with Gasteiger partial charge in [-0.1, -0.05) is 0 Å². The molecule has 0 spiro atoms. The number of anilines is 1. The molecule has 3 N–H and O–H groups in total. The van der Waals surface area contributed by atoms with Gasteiger partial charge in [0, 0.05) is 5.69 Å². The Morgan fingerprint density at radius 1 is 1.57 bits per heavy atom. The van der Waals surface area contributed by atoms with Gasteiger partial charge in [0.25, 0.3) is 0 Å². The average molecular weight is 196 g/mol. The van der Waals surface area contributed by atoms with Crippen molar-refractivity contribution in [2.45, 2.75) is 19.9 Å². The predicted octanol–water partition coefficient (Wildman–Crippen LogP) is 1.42. The van der Waals surface area contributed by atoms with Crippen LogP contribution in [0.25, 0.3) is 0 Å². The Balaban J connectivity index is 2.78. The van der Waals surface area contributed by atoms with Crippen molar-refractivity contribution in [2.24, 2.45) is 5.73 Å². The topological polar surface area (TPSA) is 55.1 Å². The lowest BCUT2D eigenvalue weighted by Crippen LogP contribution is -2.32. The lowest BCUT2D eigenvalue weighted by atomic mass is 10.2. The van der Waals surface area contributed by atoms with Gasteiger partial charge in [-0.05, 0) is 37.6 Å². The van der Waals surface area contributed by atoms with Crippen LogP contribution in [0.1, 0.15) is 12.5 Å². The van der Waals surface area contributed by atoms with Crippen LogP contribution < -0.4 is 11.1 Å². The summed E-state index contributed by atoms with van der Waals surface area (Å²) in [5.74, 6) is -0.570. The highest BCUT2D eigenvalue weighted by atomic mass is 19.1. The molecule has 14 heavy (non-hydrogen) atoms. The molecule has 1 rings (SSSR count). The van der Waals surface area contributed by atoms with E-state index in [-0.39, 0.29) is 11.7 Å². The molecule has 0 aliphatic rings. The normalized spacial score (nSPS) is 12.3. The number of amides is 1. The van der Waals surface area contributed by atoms with E-state index in [4.69, 9.17) is 5.73 Å². The fourth-order valence-electron chi connectivity index (χ4n) is 0.979. The molecule has 0 aliphatic carbocycles. The summed E-state index contributed by atoms with van der Waals surface area (Å²) in [6, 6.07) is 3.81. The molecule has 1 unspecified atom stereocenters. The number of rotatable bonds is 2. The molecule has 0 radical (unpaired) electrons. The van der Waals surface area contributed by atoms with Crippen molar-refractivity contribution in [1.29, 1.82) is 0 Å². The summed E-state index contributed by atoms with van der Waals surface area (Å²) in [4.78, 5) is 11.2.